The zero-order valence-electron chi connectivity index (χ0n) is 11.7. The molecule has 1 heterocycles. The first-order chi connectivity index (χ1) is 8.77. The first-order valence-electron chi connectivity index (χ1n) is 6.26. The van der Waals surface area contributed by atoms with Gasteiger partial charge in [-0.1, -0.05) is 32.9 Å². The van der Waals surface area contributed by atoms with Crippen LogP contribution in [0, 0.1) is 6.92 Å². The smallest absolute Gasteiger partial charge is 0.347 e. The minimum atomic E-state index is -0.421. The Kier molecular flexibility index (Phi) is 3.18. The Morgan fingerprint density at radius 3 is 2.47 bits per heavy atom. The molecule has 4 heteroatoms. The Labute approximate surface area is 112 Å². The first-order valence-corrected chi connectivity index (χ1v) is 6.26. The summed E-state index contributed by atoms with van der Waals surface area (Å²) in [6, 6.07) is 7.96. The maximum absolute atomic E-state index is 11.4. The molecule has 0 unspecified atom stereocenters. The summed E-state index contributed by atoms with van der Waals surface area (Å²) in [5.74, 6) is 0.235. The molecule has 2 rings (SSSR count). The molecule has 2 aromatic rings. The van der Waals surface area contributed by atoms with E-state index >= 15 is 0 Å². The normalized spacial score (nSPS) is 11.6. The molecule has 1 aromatic carbocycles. The Morgan fingerprint density at radius 1 is 1.21 bits per heavy atom. The van der Waals surface area contributed by atoms with Crippen LogP contribution in [-0.2, 0) is 5.41 Å². The zero-order valence-corrected chi connectivity index (χ0v) is 11.7. The van der Waals surface area contributed by atoms with Gasteiger partial charge in [-0.15, -0.1) is 0 Å². The van der Waals surface area contributed by atoms with E-state index in [9.17, 15) is 4.79 Å². The summed E-state index contributed by atoms with van der Waals surface area (Å²) in [7, 11) is 0. The quantitative estimate of drug-likeness (QED) is 0.825. The molecule has 3 N–H and O–H groups in total. The molecule has 0 bridgehead atoms. The SMILES string of the molecule is Cc1ccc(C(C)(C)C)cc1-c1cc(N)nc(=O)[nH]1. The molecule has 1 aromatic heterocycles. The van der Waals surface area contributed by atoms with Crippen LogP contribution in [0.5, 0.6) is 0 Å². The molecule has 0 aliphatic carbocycles. The molecule has 0 saturated carbocycles. The molecule has 0 aliphatic rings. The number of anilines is 1. The molecule has 0 amide bonds. The predicted molar refractivity (Wildman–Crippen MR) is 78.1 cm³/mol. The lowest BCUT2D eigenvalue weighted by Gasteiger charge is -2.20. The van der Waals surface area contributed by atoms with Gasteiger partial charge in [-0.3, -0.25) is 0 Å². The van der Waals surface area contributed by atoms with Crippen LogP contribution in [0.3, 0.4) is 0 Å². The summed E-state index contributed by atoms with van der Waals surface area (Å²) in [5, 5.41) is 0. The lowest BCUT2D eigenvalue weighted by Crippen LogP contribution is -2.14. The molecule has 100 valence electrons. The van der Waals surface area contributed by atoms with E-state index in [-0.39, 0.29) is 11.2 Å². The molecule has 0 saturated heterocycles. The van der Waals surface area contributed by atoms with Crippen molar-refractivity contribution in [3.8, 4) is 11.3 Å². The standard InChI is InChI=1S/C15H19N3O/c1-9-5-6-10(15(2,3)4)7-11(9)12-8-13(16)18-14(19)17-12/h5-8H,1-4H3,(H3,16,17,18,19). The number of nitrogens with two attached hydrogens (primary N) is 1. The van der Waals surface area contributed by atoms with Crippen molar-refractivity contribution in [3.05, 3.63) is 45.9 Å². The van der Waals surface area contributed by atoms with Crippen molar-refractivity contribution in [1.82, 2.24) is 9.97 Å². The zero-order chi connectivity index (χ0) is 14.2. The van der Waals surface area contributed by atoms with Crippen LogP contribution in [0.15, 0.2) is 29.1 Å². The molecular formula is C15H19N3O. The lowest BCUT2D eigenvalue weighted by atomic mass is 9.85. The van der Waals surface area contributed by atoms with E-state index in [1.54, 1.807) is 6.07 Å². The van der Waals surface area contributed by atoms with Gasteiger partial charge in [0.15, 0.2) is 0 Å². The van der Waals surface area contributed by atoms with Gasteiger partial charge in [-0.05, 0) is 29.5 Å². The molecule has 4 nitrogen and oxygen atoms in total. The van der Waals surface area contributed by atoms with Crippen LogP contribution in [0.25, 0.3) is 11.3 Å². The van der Waals surface area contributed by atoms with Crippen LogP contribution in [0.4, 0.5) is 5.82 Å². The van der Waals surface area contributed by atoms with Crippen LogP contribution in [-0.4, -0.2) is 9.97 Å². The van der Waals surface area contributed by atoms with Crippen LogP contribution in [0.2, 0.25) is 0 Å². The highest BCUT2D eigenvalue weighted by molar-refractivity contribution is 5.66. The summed E-state index contributed by atoms with van der Waals surface area (Å²) < 4.78 is 0. The fourth-order valence-electron chi connectivity index (χ4n) is 2.00. The van der Waals surface area contributed by atoms with Gasteiger partial charge >= 0.3 is 5.69 Å². The number of nitrogens with zero attached hydrogens (tertiary/aromatic N) is 1. The second-order valence-electron chi connectivity index (χ2n) is 5.80. The summed E-state index contributed by atoms with van der Waals surface area (Å²) in [4.78, 5) is 17.8. The van der Waals surface area contributed by atoms with E-state index < -0.39 is 5.69 Å². The second-order valence-corrected chi connectivity index (χ2v) is 5.80. The van der Waals surface area contributed by atoms with Crippen molar-refractivity contribution in [2.24, 2.45) is 0 Å². The topological polar surface area (TPSA) is 71.8 Å². The monoisotopic (exact) mass is 257 g/mol. The number of benzene rings is 1. The fourth-order valence-corrected chi connectivity index (χ4v) is 2.00. The van der Waals surface area contributed by atoms with Gasteiger partial charge in [-0.25, -0.2) is 4.79 Å². The highest BCUT2D eigenvalue weighted by Gasteiger charge is 2.15. The van der Waals surface area contributed by atoms with E-state index in [1.165, 1.54) is 5.56 Å². The van der Waals surface area contributed by atoms with Crippen molar-refractivity contribution < 1.29 is 0 Å². The molecule has 0 atom stereocenters. The van der Waals surface area contributed by atoms with Crippen LogP contribution < -0.4 is 11.4 Å². The lowest BCUT2D eigenvalue weighted by molar-refractivity contribution is 0.590. The van der Waals surface area contributed by atoms with Gasteiger partial charge in [-0.2, -0.15) is 4.98 Å². The number of rotatable bonds is 1. The maximum Gasteiger partial charge on any atom is 0.347 e. The molecular weight excluding hydrogens is 238 g/mol. The van der Waals surface area contributed by atoms with Crippen LogP contribution in [0.1, 0.15) is 31.9 Å². The number of nitrogen functional groups attached to an aromatic ring is 1. The van der Waals surface area contributed by atoms with Crippen molar-refractivity contribution >= 4 is 5.82 Å². The third kappa shape index (κ3) is 2.84. The van der Waals surface area contributed by atoms with E-state index in [2.05, 4.69) is 48.9 Å². The van der Waals surface area contributed by atoms with Gasteiger partial charge in [0.25, 0.3) is 0 Å². The highest BCUT2D eigenvalue weighted by atomic mass is 16.1. The van der Waals surface area contributed by atoms with E-state index in [0.717, 1.165) is 11.1 Å². The van der Waals surface area contributed by atoms with Gasteiger partial charge in [0.1, 0.15) is 5.82 Å². The average molecular weight is 257 g/mol. The minimum absolute atomic E-state index is 0.0569. The van der Waals surface area contributed by atoms with E-state index in [1.807, 2.05) is 6.92 Å². The predicted octanol–water partition coefficient (Wildman–Crippen LogP) is 2.63. The fraction of sp³-hybridized carbons (Fsp3) is 0.333. The van der Waals surface area contributed by atoms with Crippen molar-refractivity contribution in [1.29, 1.82) is 0 Å². The van der Waals surface area contributed by atoms with Gasteiger partial charge < -0.3 is 10.7 Å². The van der Waals surface area contributed by atoms with Crippen LogP contribution >= 0.6 is 0 Å². The van der Waals surface area contributed by atoms with E-state index in [4.69, 9.17) is 5.73 Å². The third-order valence-electron chi connectivity index (χ3n) is 3.16. The Hall–Kier alpha value is -2.10. The van der Waals surface area contributed by atoms with Crippen molar-refractivity contribution in [2.45, 2.75) is 33.1 Å². The Bertz CT molecular complexity index is 666. The Morgan fingerprint density at radius 2 is 1.89 bits per heavy atom. The molecule has 19 heavy (non-hydrogen) atoms. The van der Waals surface area contributed by atoms with Gasteiger partial charge in [0.2, 0.25) is 0 Å². The number of hydrogen-bond donors (Lipinski definition) is 2. The molecule has 0 aliphatic heterocycles. The van der Waals surface area contributed by atoms with E-state index in [0.29, 0.717) is 5.69 Å². The molecule has 0 radical (unpaired) electrons. The third-order valence-corrected chi connectivity index (χ3v) is 3.16. The second kappa shape index (κ2) is 4.53. The number of aromatic amines is 1. The number of hydrogen-bond acceptors (Lipinski definition) is 3. The largest absolute Gasteiger partial charge is 0.383 e. The maximum atomic E-state index is 11.4. The van der Waals surface area contributed by atoms with Gasteiger partial charge in [0.05, 0.1) is 5.69 Å². The summed E-state index contributed by atoms with van der Waals surface area (Å²) >= 11 is 0. The highest BCUT2D eigenvalue weighted by Crippen LogP contribution is 2.29. The Balaban J connectivity index is 2.64. The minimum Gasteiger partial charge on any atom is -0.383 e. The number of aryl methyl sites for hydroxylation is 1. The van der Waals surface area contributed by atoms with Gasteiger partial charge in [0, 0.05) is 11.6 Å². The van der Waals surface area contributed by atoms with Crippen molar-refractivity contribution in [2.75, 3.05) is 5.73 Å². The summed E-state index contributed by atoms with van der Waals surface area (Å²) in [6.45, 7) is 8.48. The number of H-pyrrole nitrogens is 1. The summed E-state index contributed by atoms with van der Waals surface area (Å²) in [5.41, 5.74) is 9.27. The first kappa shape index (κ1) is 13.3. The summed E-state index contributed by atoms with van der Waals surface area (Å²) in [6.07, 6.45) is 0. The van der Waals surface area contributed by atoms with Crippen molar-refractivity contribution in [3.63, 3.8) is 0 Å². The molecule has 0 fully saturated rings. The number of nitrogens with one attached hydrogen (secondary N) is 1. The number of aromatic nitrogens is 2. The molecule has 0 spiro atoms. The average Bonchev–Trinajstić information content (AvgIpc) is 2.26.